The number of benzene rings is 1. The van der Waals surface area contributed by atoms with Crippen LogP contribution in [0.2, 0.25) is 5.02 Å². The molecule has 0 bridgehead atoms. The van der Waals surface area contributed by atoms with E-state index in [4.69, 9.17) is 11.6 Å². The van der Waals surface area contributed by atoms with Crippen LogP contribution >= 0.6 is 24.0 Å². The predicted octanol–water partition coefficient (Wildman–Crippen LogP) is 2.39. The average Bonchev–Trinajstić information content (AvgIpc) is 2.45. The fourth-order valence-corrected chi connectivity index (χ4v) is 2.62. The van der Waals surface area contributed by atoms with Crippen LogP contribution in [0.3, 0.4) is 0 Å². The summed E-state index contributed by atoms with van der Waals surface area (Å²) < 4.78 is 36.4. The summed E-state index contributed by atoms with van der Waals surface area (Å²) in [5.74, 6) is -0.633. The number of carbonyl (C=O) groups is 1. The van der Waals surface area contributed by atoms with Crippen LogP contribution in [-0.2, 0) is 4.79 Å². The first-order valence-electron chi connectivity index (χ1n) is 6.89. The Morgan fingerprint density at radius 2 is 2.17 bits per heavy atom. The smallest absolute Gasteiger partial charge is 0.346 e. The van der Waals surface area contributed by atoms with Gasteiger partial charge in [-0.1, -0.05) is 23.7 Å². The van der Waals surface area contributed by atoms with Crippen molar-refractivity contribution in [2.75, 3.05) is 32.7 Å². The van der Waals surface area contributed by atoms with Gasteiger partial charge in [-0.3, -0.25) is 9.69 Å². The van der Waals surface area contributed by atoms with Gasteiger partial charge in [-0.2, -0.15) is 13.2 Å². The van der Waals surface area contributed by atoms with Crippen molar-refractivity contribution in [1.82, 2.24) is 15.5 Å². The van der Waals surface area contributed by atoms with E-state index in [1.165, 1.54) is 0 Å². The highest BCUT2D eigenvalue weighted by Crippen LogP contribution is 2.24. The average molecular weight is 372 g/mol. The van der Waals surface area contributed by atoms with Crippen LogP contribution in [0.15, 0.2) is 24.3 Å². The summed E-state index contributed by atoms with van der Waals surface area (Å²) in [6.07, 6.45) is -4.40. The number of carbonyl (C=O) groups excluding carboxylic acids is 1. The van der Waals surface area contributed by atoms with Gasteiger partial charge in [0.05, 0.1) is 6.54 Å². The fraction of sp³-hybridized carbons (Fsp3) is 0.500. The fourth-order valence-electron chi connectivity index (χ4n) is 2.42. The van der Waals surface area contributed by atoms with E-state index in [1.54, 1.807) is 12.1 Å². The van der Waals surface area contributed by atoms with E-state index in [-0.39, 0.29) is 25.0 Å². The summed E-state index contributed by atoms with van der Waals surface area (Å²) in [5.41, 5.74) is 0.934. The van der Waals surface area contributed by atoms with E-state index in [1.807, 2.05) is 22.3 Å². The minimum atomic E-state index is -4.40. The first-order valence-corrected chi connectivity index (χ1v) is 7.26. The second-order valence-corrected chi connectivity index (χ2v) is 5.57. The molecule has 0 radical (unpaired) electrons. The lowest BCUT2D eigenvalue weighted by atomic mass is 10.0. The molecule has 1 aliphatic rings. The zero-order valence-electron chi connectivity index (χ0n) is 12.2. The van der Waals surface area contributed by atoms with Gasteiger partial charge in [0, 0.05) is 30.7 Å². The molecular weight excluding hydrogens is 354 g/mol. The largest absolute Gasteiger partial charge is 0.405 e. The summed E-state index contributed by atoms with van der Waals surface area (Å²) >= 11 is 5.97. The Morgan fingerprint density at radius 3 is 2.83 bits per heavy atom. The highest BCUT2D eigenvalue weighted by atomic mass is 35.5. The zero-order valence-corrected chi connectivity index (χ0v) is 13.8. The van der Waals surface area contributed by atoms with Crippen molar-refractivity contribution in [1.29, 1.82) is 0 Å². The van der Waals surface area contributed by atoms with Gasteiger partial charge in [-0.15, -0.1) is 12.4 Å². The number of nitrogens with one attached hydrogen (secondary N) is 2. The molecule has 9 heteroatoms. The third kappa shape index (κ3) is 6.55. The molecule has 0 saturated carbocycles. The van der Waals surface area contributed by atoms with Gasteiger partial charge in [-0.05, 0) is 17.7 Å². The SMILES string of the molecule is Cl.O=C(CN1CCNCC1c1cccc(Cl)c1)NCC(F)(F)F. The van der Waals surface area contributed by atoms with Gasteiger partial charge in [0.1, 0.15) is 6.54 Å². The number of rotatable bonds is 4. The topological polar surface area (TPSA) is 44.4 Å². The van der Waals surface area contributed by atoms with Gasteiger partial charge in [0.15, 0.2) is 0 Å². The third-order valence-corrected chi connectivity index (χ3v) is 3.66. The maximum atomic E-state index is 12.1. The highest BCUT2D eigenvalue weighted by Gasteiger charge is 2.29. The summed E-state index contributed by atoms with van der Waals surface area (Å²) in [6.45, 7) is 0.502. The molecule has 1 aliphatic heterocycles. The second kappa shape index (κ2) is 8.73. The molecule has 1 amide bonds. The number of nitrogens with zero attached hydrogens (tertiary/aromatic N) is 1. The maximum absolute atomic E-state index is 12.1. The number of hydrogen-bond acceptors (Lipinski definition) is 3. The Labute approximate surface area is 143 Å². The van der Waals surface area contributed by atoms with Gasteiger partial charge in [-0.25, -0.2) is 0 Å². The summed E-state index contributed by atoms with van der Waals surface area (Å²) in [6, 6.07) is 7.17. The molecule has 1 unspecified atom stereocenters. The lowest BCUT2D eigenvalue weighted by Crippen LogP contribution is -2.50. The minimum absolute atomic E-state index is 0. The van der Waals surface area contributed by atoms with Crippen molar-refractivity contribution < 1.29 is 18.0 Å². The van der Waals surface area contributed by atoms with Gasteiger partial charge < -0.3 is 10.6 Å². The van der Waals surface area contributed by atoms with E-state index >= 15 is 0 Å². The van der Waals surface area contributed by atoms with Crippen molar-refractivity contribution in [3.63, 3.8) is 0 Å². The van der Waals surface area contributed by atoms with Crippen LogP contribution in [0.5, 0.6) is 0 Å². The molecule has 0 aliphatic carbocycles. The van der Waals surface area contributed by atoms with Crippen molar-refractivity contribution in [3.05, 3.63) is 34.9 Å². The van der Waals surface area contributed by atoms with E-state index < -0.39 is 18.6 Å². The third-order valence-electron chi connectivity index (χ3n) is 3.42. The molecule has 0 spiro atoms. The van der Waals surface area contributed by atoms with Crippen LogP contribution in [0.4, 0.5) is 13.2 Å². The molecule has 1 aromatic carbocycles. The van der Waals surface area contributed by atoms with Crippen LogP contribution in [0, 0.1) is 0 Å². The van der Waals surface area contributed by atoms with Crippen LogP contribution in [0.1, 0.15) is 11.6 Å². The minimum Gasteiger partial charge on any atom is -0.346 e. The van der Waals surface area contributed by atoms with E-state index in [0.29, 0.717) is 24.7 Å². The number of hydrogen-bond donors (Lipinski definition) is 2. The molecule has 1 atom stereocenters. The standard InChI is InChI=1S/C14H17ClF3N3O.ClH/c15-11-3-1-2-10(6-11)12-7-19-4-5-21(12)8-13(22)20-9-14(16,17)18;/h1-3,6,12,19H,4-5,7-9H2,(H,20,22);1H. The van der Waals surface area contributed by atoms with E-state index in [0.717, 1.165) is 5.56 Å². The molecule has 2 N–H and O–H groups in total. The van der Waals surface area contributed by atoms with Gasteiger partial charge in [0.25, 0.3) is 0 Å². The van der Waals surface area contributed by atoms with Crippen molar-refractivity contribution >= 4 is 29.9 Å². The number of amides is 1. The Bertz CT molecular complexity index is 528. The Balaban J connectivity index is 0.00000264. The monoisotopic (exact) mass is 371 g/mol. The number of halogens is 5. The van der Waals surface area contributed by atoms with Crippen LogP contribution < -0.4 is 10.6 Å². The second-order valence-electron chi connectivity index (χ2n) is 5.14. The number of piperazine rings is 1. The number of alkyl halides is 3. The first-order chi connectivity index (χ1) is 10.3. The summed E-state index contributed by atoms with van der Waals surface area (Å²) in [4.78, 5) is 13.6. The molecule has 2 rings (SSSR count). The highest BCUT2D eigenvalue weighted by molar-refractivity contribution is 6.30. The van der Waals surface area contributed by atoms with Crippen molar-refractivity contribution in [3.8, 4) is 0 Å². The molecule has 0 aromatic heterocycles. The van der Waals surface area contributed by atoms with Gasteiger partial charge >= 0.3 is 6.18 Å². The Kier molecular flexibility index (Phi) is 7.60. The first kappa shape index (κ1) is 20.0. The lowest BCUT2D eigenvalue weighted by Gasteiger charge is -2.36. The lowest BCUT2D eigenvalue weighted by molar-refractivity contribution is -0.139. The molecule has 130 valence electrons. The predicted molar refractivity (Wildman–Crippen MR) is 84.9 cm³/mol. The van der Waals surface area contributed by atoms with Crippen LogP contribution in [-0.4, -0.2) is 49.7 Å². The zero-order chi connectivity index (χ0) is 16.2. The normalized spacial score (nSPS) is 19.0. The van der Waals surface area contributed by atoms with Crippen LogP contribution in [0.25, 0.3) is 0 Å². The summed E-state index contributed by atoms with van der Waals surface area (Å²) in [7, 11) is 0. The van der Waals surface area contributed by atoms with E-state index in [9.17, 15) is 18.0 Å². The van der Waals surface area contributed by atoms with E-state index in [2.05, 4.69) is 5.32 Å². The molecule has 1 fully saturated rings. The Hall–Kier alpha value is -1.02. The molecular formula is C14H18Cl2F3N3O. The van der Waals surface area contributed by atoms with Crippen molar-refractivity contribution in [2.45, 2.75) is 12.2 Å². The van der Waals surface area contributed by atoms with Crippen molar-refractivity contribution in [2.24, 2.45) is 0 Å². The molecule has 4 nitrogen and oxygen atoms in total. The quantitative estimate of drug-likeness (QED) is 0.853. The molecule has 1 aromatic rings. The molecule has 23 heavy (non-hydrogen) atoms. The molecule has 1 saturated heterocycles. The maximum Gasteiger partial charge on any atom is 0.405 e. The Morgan fingerprint density at radius 1 is 1.43 bits per heavy atom. The summed E-state index contributed by atoms with van der Waals surface area (Å²) in [5, 5.41) is 5.70. The molecule has 1 heterocycles. The van der Waals surface area contributed by atoms with Gasteiger partial charge in [0.2, 0.25) is 5.91 Å².